The second-order valence-electron chi connectivity index (χ2n) is 4.39. The summed E-state index contributed by atoms with van der Waals surface area (Å²) in [4.78, 5) is 11.8. The van der Waals surface area contributed by atoms with Gasteiger partial charge in [0.2, 0.25) is 0 Å². The van der Waals surface area contributed by atoms with Gasteiger partial charge in [-0.05, 0) is 47.0 Å². The first-order valence-corrected chi connectivity index (χ1v) is 7.10. The van der Waals surface area contributed by atoms with Gasteiger partial charge >= 0.3 is 0 Å². The van der Waals surface area contributed by atoms with E-state index in [0.717, 1.165) is 22.0 Å². The van der Waals surface area contributed by atoms with Crippen LogP contribution in [0.3, 0.4) is 0 Å². The maximum absolute atomic E-state index is 11.8. The molecule has 2 N–H and O–H groups in total. The van der Waals surface area contributed by atoms with Crippen LogP contribution in [0.25, 0.3) is 0 Å². The van der Waals surface area contributed by atoms with Crippen LogP contribution < -0.4 is 10.1 Å². The summed E-state index contributed by atoms with van der Waals surface area (Å²) in [5, 5.41) is 9.40. The number of benzene rings is 1. The summed E-state index contributed by atoms with van der Waals surface area (Å²) in [5.74, 6) is 1.05. The first kappa shape index (κ1) is 14.6. The number of hydrogen-bond acceptors (Lipinski definition) is 3. The van der Waals surface area contributed by atoms with Gasteiger partial charge in [0, 0.05) is 5.56 Å². The number of aromatic nitrogens is 2. The topological polar surface area (TPSA) is 67.0 Å². The molecule has 0 aliphatic carbocycles. The van der Waals surface area contributed by atoms with Gasteiger partial charge < -0.3 is 10.1 Å². The molecule has 106 valence electrons. The minimum Gasteiger partial charge on any atom is -0.483 e. The lowest BCUT2D eigenvalue weighted by Gasteiger charge is -2.09. The number of H-pyrrole nitrogens is 1. The van der Waals surface area contributed by atoms with E-state index in [4.69, 9.17) is 4.74 Å². The van der Waals surface area contributed by atoms with E-state index in [9.17, 15) is 4.79 Å². The van der Waals surface area contributed by atoms with Crippen LogP contribution in [0.5, 0.6) is 5.75 Å². The molecular formula is C14H16BrN3O2. The Hall–Kier alpha value is -1.82. The van der Waals surface area contributed by atoms with E-state index in [0.29, 0.717) is 11.6 Å². The molecule has 0 saturated carbocycles. The van der Waals surface area contributed by atoms with E-state index in [1.807, 2.05) is 32.0 Å². The van der Waals surface area contributed by atoms with Crippen LogP contribution in [0, 0.1) is 6.92 Å². The number of halogens is 1. The van der Waals surface area contributed by atoms with Crippen molar-refractivity contribution in [2.24, 2.45) is 0 Å². The number of anilines is 1. The average Bonchev–Trinajstić information content (AvgIpc) is 2.85. The molecule has 6 heteroatoms. The van der Waals surface area contributed by atoms with Crippen LogP contribution in [-0.2, 0) is 11.2 Å². The number of nitrogens with zero attached hydrogens (tertiary/aromatic N) is 1. The minimum absolute atomic E-state index is 0.0518. The van der Waals surface area contributed by atoms with Crippen molar-refractivity contribution >= 4 is 27.7 Å². The largest absolute Gasteiger partial charge is 0.483 e. The first-order valence-electron chi connectivity index (χ1n) is 6.31. The zero-order chi connectivity index (χ0) is 14.5. The van der Waals surface area contributed by atoms with Crippen molar-refractivity contribution in [2.45, 2.75) is 20.3 Å². The van der Waals surface area contributed by atoms with Crippen molar-refractivity contribution in [1.82, 2.24) is 10.2 Å². The summed E-state index contributed by atoms with van der Waals surface area (Å²) in [6.45, 7) is 3.94. The third kappa shape index (κ3) is 3.60. The molecule has 0 aliphatic rings. The molecule has 0 unspecified atom stereocenters. The fourth-order valence-corrected chi connectivity index (χ4v) is 2.34. The number of aromatic amines is 1. The van der Waals surface area contributed by atoms with Crippen LogP contribution in [0.1, 0.15) is 18.1 Å². The molecule has 0 fully saturated rings. The van der Waals surface area contributed by atoms with Gasteiger partial charge in [0.25, 0.3) is 5.91 Å². The number of rotatable bonds is 5. The van der Waals surface area contributed by atoms with E-state index in [1.54, 1.807) is 6.20 Å². The summed E-state index contributed by atoms with van der Waals surface area (Å²) in [5.41, 5.74) is 2.09. The van der Waals surface area contributed by atoms with E-state index in [2.05, 4.69) is 31.4 Å². The Kier molecular flexibility index (Phi) is 4.79. The van der Waals surface area contributed by atoms with Crippen molar-refractivity contribution in [1.29, 1.82) is 0 Å². The van der Waals surface area contributed by atoms with E-state index in [-0.39, 0.29) is 12.5 Å². The molecule has 1 heterocycles. The fourth-order valence-electron chi connectivity index (χ4n) is 1.73. The molecule has 1 aromatic carbocycles. The molecule has 2 rings (SSSR count). The minimum atomic E-state index is -0.226. The molecule has 20 heavy (non-hydrogen) atoms. The second kappa shape index (κ2) is 6.56. The molecule has 0 aliphatic heterocycles. The quantitative estimate of drug-likeness (QED) is 0.881. The number of hydrogen-bond donors (Lipinski definition) is 2. The zero-order valence-electron chi connectivity index (χ0n) is 11.4. The van der Waals surface area contributed by atoms with E-state index >= 15 is 0 Å². The van der Waals surface area contributed by atoms with Gasteiger partial charge in [-0.25, -0.2) is 0 Å². The number of carbonyl (C=O) groups excluding carboxylic acids is 1. The van der Waals surface area contributed by atoms with Gasteiger partial charge in [0.15, 0.2) is 6.61 Å². The summed E-state index contributed by atoms with van der Waals surface area (Å²) in [6.07, 6.45) is 2.50. The Morgan fingerprint density at radius 3 is 3.00 bits per heavy atom. The summed E-state index contributed by atoms with van der Waals surface area (Å²) in [7, 11) is 0. The Balaban J connectivity index is 1.92. The number of carbonyl (C=O) groups is 1. The monoisotopic (exact) mass is 337 g/mol. The molecule has 5 nitrogen and oxygen atoms in total. The van der Waals surface area contributed by atoms with Crippen LogP contribution in [0.2, 0.25) is 0 Å². The molecule has 1 aromatic heterocycles. The smallest absolute Gasteiger partial charge is 0.263 e. The number of amides is 1. The SMILES string of the molecule is CCc1cn[nH]c1NC(=O)COc1ccc(C)cc1Br. The normalized spacial score (nSPS) is 10.3. The first-order chi connectivity index (χ1) is 9.60. The predicted molar refractivity (Wildman–Crippen MR) is 81.0 cm³/mol. The lowest BCUT2D eigenvalue weighted by molar-refractivity contribution is -0.118. The number of ether oxygens (including phenoxy) is 1. The van der Waals surface area contributed by atoms with Gasteiger partial charge in [0.05, 0.1) is 10.7 Å². The zero-order valence-corrected chi connectivity index (χ0v) is 13.0. The highest BCUT2D eigenvalue weighted by molar-refractivity contribution is 9.10. The maximum atomic E-state index is 11.8. The van der Waals surface area contributed by atoms with Gasteiger partial charge in [-0.3, -0.25) is 9.89 Å². The summed E-state index contributed by atoms with van der Waals surface area (Å²) >= 11 is 3.41. The number of nitrogens with one attached hydrogen (secondary N) is 2. The lowest BCUT2D eigenvalue weighted by atomic mass is 10.2. The number of aryl methyl sites for hydroxylation is 2. The summed E-state index contributed by atoms with van der Waals surface area (Å²) < 4.78 is 6.32. The molecule has 0 atom stereocenters. The molecule has 2 aromatic rings. The van der Waals surface area contributed by atoms with Crippen molar-refractivity contribution in [3.8, 4) is 5.75 Å². The van der Waals surface area contributed by atoms with Crippen molar-refractivity contribution in [3.05, 3.63) is 40.0 Å². The predicted octanol–water partition coefficient (Wildman–Crippen LogP) is 3.06. The van der Waals surface area contributed by atoms with Gasteiger partial charge in [-0.2, -0.15) is 5.10 Å². The Bertz CT molecular complexity index is 610. The maximum Gasteiger partial charge on any atom is 0.263 e. The highest BCUT2D eigenvalue weighted by Gasteiger charge is 2.09. The molecule has 0 spiro atoms. The highest BCUT2D eigenvalue weighted by atomic mass is 79.9. The van der Waals surface area contributed by atoms with Crippen LogP contribution in [0.15, 0.2) is 28.9 Å². The Morgan fingerprint density at radius 2 is 2.30 bits per heavy atom. The van der Waals surface area contributed by atoms with Crippen LogP contribution >= 0.6 is 15.9 Å². The van der Waals surface area contributed by atoms with Gasteiger partial charge in [-0.15, -0.1) is 0 Å². The standard InChI is InChI=1S/C14H16BrN3O2/c1-3-10-7-16-18-14(10)17-13(19)8-20-12-5-4-9(2)6-11(12)15/h4-7H,3,8H2,1-2H3,(H2,16,17,18,19). The van der Waals surface area contributed by atoms with Crippen LogP contribution in [0.4, 0.5) is 5.82 Å². The van der Waals surface area contributed by atoms with Crippen molar-refractivity contribution in [3.63, 3.8) is 0 Å². The molecule has 0 radical (unpaired) electrons. The molecular weight excluding hydrogens is 322 g/mol. The second-order valence-corrected chi connectivity index (χ2v) is 5.25. The van der Waals surface area contributed by atoms with Crippen LogP contribution in [-0.4, -0.2) is 22.7 Å². The summed E-state index contributed by atoms with van der Waals surface area (Å²) in [6, 6.07) is 5.71. The van der Waals surface area contributed by atoms with Gasteiger partial charge in [0.1, 0.15) is 11.6 Å². The van der Waals surface area contributed by atoms with E-state index in [1.165, 1.54) is 0 Å². The molecule has 0 bridgehead atoms. The highest BCUT2D eigenvalue weighted by Crippen LogP contribution is 2.25. The van der Waals surface area contributed by atoms with Crippen molar-refractivity contribution in [2.75, 3.05) is 11.9 Å². The third-order valence-corrected chi connectivity index (χ3v) is 3.43. The van der Waals surface area contributed by atoms with Crippen molar-refractivity contribution < 1.29 is 9.53 Å². The molecule has 1 amide bonds. The van der Waals surface area contributed by atoms with E-state index < -0.39 is 0 Å². The lowest BCUT2D eigenvalue weighted by Crippen LogP contribution is -2.21. The molecule has 0 saturated heterocycles. The fraction of sp³-hybridized carbons (Fsp3) is 0.286. The Labute approximate surface area is 125 Å². The average molecular weight is 338 g/mol. The Morgan fingerprint density at radius 1 is 1.50 bits per heavy atom. The third-order valence-electron chi connectivity index (χ3n) is 2.81. The van der Waals surface area contributed by atoms with Gasteiger partial charge in [-0.1, -0.05) is 13.0 Å².